The van der Waals surface area contributed by atoms with Gasteiger partial charge in [0, 0.05) is 20.2 Å². The number of methoxy groups -OCH3 is 1. The minimum absolute atomic E-state index is 0.223. The first kappa shape index (κ1) is 15.9. The molecule has 0 saturated carbocycles. The molecule has 1 aromatic carbocycles. The van der Waals surface area contributed by atoms with Crippen molar-refractivity contribution >= 4 is 16.0 Å². The number of carboxylic acid groups (broad SMARTS) is 1. The van der Waals surface area contributed by atoms with E-state index in [0.717, 1.165) is 0 Å². The highest BCUT2D eigenvalue weighted by Crippen LogP contribution is 2.26. The number of carbonyl (C=O) groups is 1. The molecule has 0 bridgehead atoms. The molecule has 1 saturated heterocycles. The largest absolute Gasteiger partial charge is 0.481 e. The van der Waals surface area contributed by atoms with Gasteiger partial charge in [-0.05, 0) is 24.5 Å². The molecule has 2 rings (SSSR count). The fourth-order valence-electron chi connectivity index (χ4n) is 2.51. The molecule has 1 heterocycles. The molecule has 0 aromatic heterocycles. The topological polar surface area (TPSA) is 83.9 Å². The van der Waals surface area contributed by atoms with Gasteiger partial charge in [-0.1, -0.05) is 18.2 Å². The van der Waals surface area contributed by atoms with Gasteiger partial charge in [0.25, 0.3) is 0 Å². The zero-order chi connectivity index (χ0) is 15.5. The molecule has 0 radical (unpaired) electrons. The quantitative estimate of drug-likeness (QED) is 0.886. The first-order valence-electron chi connectivity index (χ1n) is 6.76. The second-order valence-electron chi connectivity index (χ2n) is 5.06. The van der Waals surface area contributed by atoms with E-state index in [2.05, 4.69) is 0 Å². The van der Waals surface area contributed by atoms with E-state index in [9.17, 15) is 13.2 Å². The molecule has 0 amide bonds. The van der Waals surface area contributed by atoms with Gasteiger partial charge in [-0.2, -0.15) is 4.31 Å². The molecular formula is C14H19NO5S. The van der Waals surface area contributed by atoms with E-state index < -0.39 is 21.9 Å². The summed E-state index contributed by atoms with van der Waals surface area (Å²) in [5.74, 6) is -1.31. The summed E-state index contributed by atoms with van der Waals surface area (Å²) in [6.45, 7) is 0.697. The van der Waals surface area contributed by atoms with Gasteiger partial charge in [-0.25, -0.2) is 8.42 Å². The molecule has 7 heteroatoms. The van der Waals surface area contributed by atoms with E-state index >= 15 is 0 Å². The summed E-state index contributed by atoms with van der Waals surface area (Å²) in [7, 11) is -2.09. The Bertz CT molecular complexity index is 606. The van der Waals surface area contributed by atoms with Crippen LogP contribution in [0.25, 0.3) is 0 Å². The van der Waals surface area contributed by atoms with Crippen LogP contribution in [0.4, 0.5) is 0 Å². The summed E-state index contributed by atoms with van der Waals surface area (Å²) < 4.78 is 31.8. The van der Waals surface area contributed by atoms with Crippen molar-refractivity contribution in [3.05, 3.63) is 29.8 Å². The lowest BCUT2D eigenvalue weighted by atomic mass is 9.99. The van der Waals surface area contributed by atoms with Gasteiger partial charge >= 0.3 is 5.97 Å². The van der Waals surface area contributed by atoms with Crippen molar-refractivity contribution in [3.8, 4) is 0 Å². The van der Waals surface area contributed by atoms with Crippen molar-refractivity contribution in [2.24, 2.45) is 5.92 Å². The van der Waals surface area contributed by atoms with E-state index in [1.165, 1.54) is 11.4 Å². The number of ether oxygens (including phenoxy) is 1. The van der Waals surface area contributed by atoms with Crippen molar-refractivity contribution in [2.45, 2.75) is 24.3 Å². The monoisotopic (exact) mass is 313 g/mol. The predicted molar refractivity (Wildman–Crippen MR) is 76.3 cm³/mol. The Morgan fingerprint density at radius 3 is 2.52 bits per heavy atom. The van der Waals surface area contributed by atoms with Gasteiger partial charge in [0.05, 0.1) is 17.4 Å². The number of benzene rings is 1. The van der Waals surface area contributed by atoms with Crippen molar-refractivity contribution in [2.75, 3.05) is 20.2 Å². The molecule has 1 fully saturated rings. The van der Waals surface area contributed by atoms with E-state index in [0.29, 0.717) is 18.4 Å². The van der Waals surface area contributed by atoms with E-state index in [1.807, 2.05) is 0 Å². The fourth-order valence-corrected chi connectivity index (χ4v) is 4.19. The number of carboxylic acids is 1. The zero-order valence-electron chi connectivity index (χ0n) is 11.9. The van der Waals surface area contributed by atoms with Crippen LogP contribution in [0.2, 0.25) is 0 Å². The maximum Gasteiger partial charge on any atom is 0.306 e. The first-order chi connectivity index (χ1) is 9.96. The minimum atomic E-state index is -3.60. The number of nitrogens with zero attached hydrogens (tertiary/aromatic N) is 1. The maximum absolute atomic E-state index is 12.7. The molecule has 1 aliphatic rings. The second-order valence-corrected chi connectivity index (χ2v) is 6.96. The van der Waals surface area contributed by atoms with Gasteiger partial charge in [0.1, 0.15) is 0 Å². The highest BCUT2D eigenvalue weighted by molar-refractivity contribution is 7.89. The normalized spacial score (nSPS) is 17.8. The number of hydrogen-bond acceptors (Lipinski definition) is 4. The highest BCUT2D eigenvalue weighted by atomic mass is 32.2. The van der Waals surface area contributed by atoms with Crippen LogP contribution in [0.15, 0.2) is 29.2 Å². The van der Waals surface area contributed by atoms with Crippen LogP contribution in [-0.2, 0) is 26.2 Å². The standard InChI is InChI=1S/C14H19NO5S/c1-20-10-12-4-2-3-5-13(12)21(18,19)15-8-6-11(7-9-15)14(16)17/h2-5,11H,6-10H2,1H3,(H,16,17). The number of rotatable bonds is 5. The zero-order valence-corrected chi connectivity index (χ0v) is 12.7. The fraction of sp³-hybridized carbons (Fsp3) is 0.500. The molecule has 6 nitrogen and oxygen atoms in total. The van der Waals surface area contributed by atoms with Crippen molar-refractivity contribution in [3.63, 3.8) is 0 Å². The smallest absolute Gasteiger partial charge is 0.306 e. The summed E-state index contributed by atoms with van der Waals surface area (Å²) in [5.41, 5.74) is 0.611. The number of sulfonamides is 1. The lowest BCUT2D eigenvalue weighted by Crippen LogP contribution is -2.40. The van der Waals surface area contributed by atoms with Crippen LogP contribution in [0, 0.1) is 5.92 Å². The Hall–Kier alpha value is -1.44. The van der Waals surface area contributed by atoms with Gasteiger partial charge in [-0.15, -0.1) is 0 Å². The molecule has 21 heavy (non-hydrogen) atoms. The molecule has 1 aromatic rings. The summed E-state index contributed by atoms with van der Waals surface area (Å²) >= 11 is 0. The Balaban J connectivity index is 2.22. The average molecular weight is 313 g/mol. The maximum atomic E-state index is 12.7. The molecule has 0 spiro atoms. The number of aliphatic carboxylic acids is 1. The second kappa shape index (κ2) is 6.55. The van der Waals surface area contributed by atoms with Crippen molar-refractivity contribution in [1.29, 1.82) is 0 Å². The summed E-state index contributed by atoms with van der Waals surface area (Å²) in [4.78, 5) is 11.2. The Labute approximate surface area is 124 Å². The number of piperidine rings is 1. The third-order valence-corrected chi connectivity index (χ3v) is 5.69. The SMILES string of the molecule is COCc1ccccc1S(=O)(=O)N1CCC(C(=O)O)CC1. The number of hydrogen-bond donors (Lipinski definition) is 1. The first-order valence-corrected chi connectivity index (χ1v) is 8.20. The lowest BCUT2D eigenvalue weighted by Gasteiger charge is -2.29. The van der Waals surface area contributed by atoms with Crippen molar-refractivity contribution in [1.82, 2.24) is 4.31 Å². The van der Waals surface area contributed by atoms with Gasteiger partial charge in [0.15, 0.2) is 0 Å². The van der Waals surface area contributed by atoms with E-state index in [4.69, 9.17) is 9.84 Å². The minimum Gasteiger partial charge on any atom is -0.481 e. The average Bonchev–Trinajstić information content (AvgIpc) is 2.48. The van der Waals surface area contributed by atoms with E-state index in [1.54, 1.807) is 24.3 Å². The van der Waals surface area contributed by atoms with Crippen molar-refractivity contribution < 1.29 is 23.1 Å². The Kier molecular flexibility index (Phi) is 4.97. The Morgan fingerprint density at radius 1 is 1.33 bits per heavy atom. The summed E-state index contributed by atoms with van der Waals surface area (Å²) in [6.07, 6.45) is 0.696. The van der Waals surface area contributed by atoms with Gasteiger partial charge in [0.2, 0.25) is 10.0 Å². The molecule has 0 unspecified atom stereocenters. The van der Waals surface area contributed by atoms with Crippen LogP contribution < -0.4 is 0 Å². The van der Waals surface area contributed by atoms with Crippen LogP contribution in [-0.4, -0.2) is 44.0 Å². The van der Waals surface area contributed by atoms with Gasteiger partial charge in [-0.3, -0.25) is 4.79 Å². The lowest BCUT2D eigenvalue weighted by molar-refractivity contribution is -0.142. The predicted octanol–water partition coefficient (Wildman–Crippen LogP) is 1.32. The van der Waals surface area contributed by atoms with Crippen LogP contribution in [0.3, 0.4) is 0 Å². The summed E-state index contributed by atoms with van der Waals surface area (Å²) in [6, 6.07) is 6.73. The Morgan fingerprint density at radius 2 is 1.95 bits per heavy atom. The molecule has 116 valence electrons. The highest BCUT2D eigenvalue weighted by Gasteiger charge is 2.32. The van der Waals surface area contributed by atoms with E-state index in [-0.39, 0.29) is 24.6 Å². The van der Waals surface area contributed by atoms with Gasteiger partial charge < -0.3 is 9.84 Å². The van der Waals surface area contributed by atoms with Crippen LogP contribution >= 0.6 is 0 Å². The molecule has 0 atom stereocenters. The molecule has 1 N–H and O–H groups in total. The molecule has 1 aliphatic heterocycles. The molecule has 0 aliphatic carbocycles. The third kappa shape index (κ3) is 3.42. The van der Waals surface area contributed by atoms with Crippen LogP contribution in [0.1, 0.15) is 18.4 Å². The molecular weight excluding hydrogens is 294 g/mol. The summed E-state index contributed by atoms with van der Waals surface area (Å²) in [5, 5.41) is 8.97. The third-order valence-electron chi connectivity index (χ3n) is 3.69. The van der Waals surface area contributed by atoms with Crippen LogP contribution in [0.5, 0.6) is 0 Å².